The molecule has 108 valence electrons. The van der Waals surface area contributed by atoms with Crippen molar-refractivity contribution in [2.24, 2.45) is 0 Å². The Bertz CT molecular complexity index is 587. The minimum Gasteiger partial charge on any atom is -0.497 e. The molecule has 0 aliphatic rings. The van der Waals surface area contributed by atoms with E-state index in [0.29, 0.717) is 12.4 Å². The van der Waals surface area contributed by atoms with Gasteiger partial charge in [-0.1, -0.05) is 20.8 Å². The second kappa shape index (κ2) is 5.40. The lowest BCUT2D eigenvalue weighted by atomic mass is 9.86. The van der Waals surface area contributed by atoms with Gasteiger partial charge in [-0.05, 0) is 23.6 Å². The smallest absolute Gasteiger partial charge is 0.239 e. The van der Waals surface area contributed by atoms with Crippen LogP contribution in [0.1, 0.15) is 32.2 Å². The van der Waals surface area contributed by atoms with Crippen molar-refractivity contribution in [1.82, 2.24) is 15.2 Å². The van der Waals surface area contributed by atoms with E-state index in [-0.39, 0.29) is 11.4 Å². The first-order chi connectivity index (χ1) is 9.40. The number of aromatic amines is 1. The number of hydrogen-bond acceptors (Lipinski definition) is 5. The molecule has 3 N–H and O–H groups in total. The van der Waals surface area contributed by atoms with Crippen molar-refractivity contribution in [2.45, 2.75) is 32.8 Å². The fourth-order valence-electron chi connectivity index (χ4n) is 1.87. The Kier molecular flexibility index (Phi) is 3.83. The van der Waals surface area contributed by atoms with Gasteiger partial charge in [-0.15, -0.1) is 5.10 Å². The third-order valence-corrected chi connectivity index (χ3v) is 2.91. The molecule has 0 saturated carbocycles. The number of methoxy groups -OCH3 is 1. The van der Waals surface area contributed by atoms with Gasteiger partial charge in [0.25, 0.3) is 0 Å². The Labute approximate surface area is 118 Å². The third kappa shape index (κ3) is 3.20. The van der Waals surface area contributed by atoms with Crippen molar-refractivity contribution in [2.75, 3.05) is 12.8 Å². The summed E-state index contributed by atoms with van der Waals surface area (Å²) in [5.74, 6) is 2.42. The number of nitrogen functional groups attached to an aromatic ring is 1. The molecule has 1 aromatic carbocycles. The van der Waals surface area contributed by atoms with Crippen LogP contribution >= 0.6 is 0 Å². The van der Waals surface area contributed by atoms with Crippen molar-refractivity contribution in [3.8, 4) is 11.5 Å². The number of nitrogens with zero attached hydrogens (tertiary/aromatic N) is 2. The molecule has 0 aliphatic heterocycles. The average molecular weight is 276 g/mol. The number of aromatic nitrogens is 3. The van der Waals surface area contributed by atoms with E-state index in [1.54, 1.807) is 7.11 Å². The molecule has 1 aromatic heterocycles. The molecule has 0 spiro atoms. The van der Waals surface area contributed by atoms with E-state index in [2.05, 4.69) is 36.0 Å². The number of H-pyrrole nitrogens is 1. The molecular weight excluding hydrogens is 256 g/mol. The Hall–Kier alpha value is -2.24. The predicted octanol–water partition coefficient (Wildman–Crippen LogP) is 2.27. The number of rotatable bonds is 4. The van der Waals surface area contributed by atoms with Gasteiger partial charge in [0.2, 0.25) is 5.95 Å². The lowest BCUT2D eigenvalue weighted by molar-refractivity contribution is 0.287. The Morgan fingerprint density at radius 1 is 1.30 bits per heavy atom. The van der Waals surface area contributed by atoms with Crippen molar-refractivity contribution in [3.63, 3.8) is 0 Å². The maximum Gasteiger partial charge on any atom is 0.239 e. The zero-order valence-electron chi connectivity index (χ0n) is 12.2. The van der Waals surface area contributed by atoms with E-state index in [1.807, 2.05) is 18.2 Å². The number of benzene rings is 1. The van der Waals surface area contributed by atoms with Gasteiger partial charge in [0.05, 0.1) is 7.11 Å². The second-order valence-electron chi connectivity index (χ2n) is 5.54. The number of nitrogens with one attached hydrogen (secondary N) is 1. The van der Waals surface area contributed by atoms with Gasteiger partial charge in [-0.25, -0.2) is 0 Å². The van der Waals surface area contributed by atoms with Crippen LogP contribution in [-0.2, 0) is 12.0 Å². The highest BCUT2D eigenvalue weighted by atomic mass is 16.5. The highest BCUT2D eigenvalue weighted by Crippen LogP contribution is 2.34. The van der Waals surface area contributed by atoms with Crippen LogP contribution in [0.3, 0.4) is 0 Å². The fraction of sp³-hybridized carbons (Fsp3) is 0.429. The second-order valence-corrected chi connectivity index (χ2v) is 5.54. The molecule has 6 heteroatoms. The van der Waals surface area contributed by atoms with Gasteiger partial charge in [-0.2, -0.15) is 4.98 Å². The lowest BCUT2D eigenvalue weighted by Crippen LogP contribution is -2.14. The van der Waals surface area contributed by atoms with Gasteiger partial charge >= 0.3 is 0 Å². The fourth-order valence-corrected chi connectivity index (χ4v) is 1.87. The molecule has 1 heterocycles. The molecule has 6 nitrogen and oxygen atoms in total. The molecule has 20 heavy (non-hydrogen) atoms. The third-order valence-electron chi connectivity index (χ3n) is 2.91. The van der Waals surface area contributed by atoms with Crippen LogP contribution in [0, 0.1) is 0 Å². The minimum atomic E-state index is -0.0513. The molecule has 0 atom stereocenters. The monoisotopic (exact) mass is 276 g/mol. The minimum absolute atomic E-state index is 0.0513. The number of ether oxygens (including phenoxy) is 2. The Morgan fingerprint density at radius 3 is 2.60 bits per heavy atom. The lowest BCUT2D eigenvalue weighted by Gasteiger charge is -2.23. The highest BCUT2D eigenvalue weighted by Gasteiger charge is 2.20. The molecule has 0 aliphatic carbocycles. The van der Waals surface area contributed by atoms with E-state index in [1.165, 1.54) is 0 Å². The topological polar surface area (TPSA) is 86.1 Å². The van der Waals surface area contributed by atoms with Crippen LogP contribution < -0.4 is 15.2 Å². The van der Waals surface area contributed by atoms with Crippen molar-refractivity contribution in [3.05, 3.63) is 29.6 Å². The zero-order valence-corrected chi connectivity index (χ0v) is 12.2. The van der Waals surface area contributed by atoms with Crippen molar-refractivity contribution >= 4 is 5.95 Å². The van der Waals surface area contributed by atoms with Crippen LogP contribution in [0.25, 0.3) is 0 Å². The quantitative estimate of drug-likeness (QED) is 0.894. The molecule has 0 unspecified atom stereocenters. The van der Waals surface area contributed by atoms with Crippen molar-refractivity contribution in [1.29, 1.82) is 0 Å². The molecule has 2 aromatic rings. The first-order valence-corrected chi connectivity index (χ1v) is 6.38. The number of nitrogens with two attached hydrogens (primary N) is 1. The maximum atomic E-state index is 5.82. The summed E-state index contributed by atoms with van der Waals surface area (Å²) in [6.07, 6.45) is 0. The number of hydrogen-bond donors (Lipinski definition) is 2. The summed E-state index contributed by atoms with van der Waals surface area (Å²) in [5, 5.41) is 6.49. The number of anilines is 1. The van der Waals surface area contributed by atoms with E-state index in [4.69, 9.17) is 15.2 Å². The summed E-state index contributed by atoms with van der Waals surface area (Å²) in [7, 11) is 1.65. The van der Waals surface area contributed by atoms with Crippen LogP contribution in [0.5, 0.6) is 11.5 Å². The summed E-state index contributed by atoms with van der Waals surface area (Å²) >= 11 is 0. The Morgan fingerprint density at radius 2 is 2.05 bits per heavy atom. The van der Waals surface area contributed by atoms with Crippen LogP contribution in [0.2, 0.25) is 0 Å². The van der Waals surface area contributed by atoms with Crippen LogP contribution in [0.4, 0.5) is 5.95 Å². The summed E-state index contributed by atoms with van der Waals surface area (Å²) in [5.41, 5.74) is 6.48. The first kappa shape index (κ1) is 14.2. The largest absolute Gasteiger partial charge is 0.497 e. The molecular formula is C14H20N4O2. The normalized spacial score (nSPS) is 11.4. The SMILES string of the molecule is COc1ccc(OCc2nc(N)n[nH]2)c(C(C)(C)C)c1. The van der Waals surface area contributed by atoms with Gasteiger partial charge in [0.15, 0.2) is 5.82 Å². The molecule has 0 amide bonds. The van der Waals surface area contributed by atoms with E-state index in [9.17, 15) is 0 Å². The van der Waals surface area contributed by atoms with Crippen LogP contribution in [-0.4, -0.2) is 22.3 Å². The van der Waals surface area contributed by atoms with E-state index in [0.717, 1.165) is 17.1 Å². The standard InChI is InChI=1S/C14H20N4O2/c1-14(2,3)10-7-9(19-4)5-6-11(10)20-8-12-16-13(15)18-17-12/h5-7H,8H2,1-4H3,(H3,15,16,17,18). The molecule has 2 rings (SSSR count). The van der Waals surface area contributed by atoms with Gasteiger partial charge in [0.1, 0.15) is 18.1 Å². The average Bonchev–Trinajstić information content (AvgIpc) is 2.81. The molecule has 0 bridgehead atoms. The van der Waals surface area contributed by atoms with Crippen LogP contribution in [0.15, 0.2) is 18.2 Å². The predicted molar refractivity (Wildman–Crippen MR) is 76.8 cm³/mol. The maximum absolute atomic E-state index is 5.82. The molecule has 0 radical (unpaired) electrons. The van der Waals surface area contributed by atoms with Crippen molar-refractivity contribution < 1.29 is 9.47 Å². The summed E-state index contributed by atoms with van der Waals surface area (Å²) in [4.78, 5) is 4.01. The molecule has 0 saturated heterocycles. The van der Waals surface area contributed by atoms with E-state index >= 15 is 0 Å². The first-order valence-electron chi connectivity index (χ1n) is 6.38. The zero-order chi connectivity index (χ0) is 14.8. The summed E-state index contributed by atoms with van der Waals surface area (Å²) in [6, 6.07) is 5.77. The van der Waals surface area contributed by atoms with Gasteiger partial charge in [-0.3, -0.25) is 5.10 Å². The van der Waals surface area contributed by atoms with E-state index < -0.39 is 0 Å². The Balaban J connectivity index is 2.22. The molecule has 0 fully saturated rings. The highest BCUT2D eigenvalue weighted by molar-refractivity contribution is 5.44. The summed E-state index contributed by atoms with van der Waals surface area (Å²) < 4.78 is 11.1. The summed E-state index contributed by atoms with van der Waals surface area (Å²) in [6.45, 7) is 6.67. The van der Waals surface area contributed by atoms with Gasteiger partial charge in [0, 0.05) is 5.56 Å². The van der Waals surface area contributed by atoms with Gasteiger partial charge < -0.3 is 15.2 Å².